The van der Waals surface area contributed by atoms with Crippen molar-refractivity contribution in [2.24, 2.45) is 0 Å². The van der Waals surface area contributed by atoms with E-state index in [2.05, 4.69) is 5.32 Å². The lowest BCUT2D eigenvalue weighted by Crippen LogP contribution is -2.30. The fourth-order valence-electron chi connectivity index (χ4n) is 4.14. The standard InChI is InChI=1S/C28H20ClFN2O3S/c1-17-13-21(30)10-11-23(17)31-27(33)19-9-12-26-24(15-19)32(16-18-5-4-6-20(29)14-18)28(34)22-7-2-3-8-25(22)36(26)35/h2-15H,16H2,1H3,(H,31,33)/t36-/m0/s1. The number of fused-ring (bicyclic) bond motifs is 2. The Labute approximate surface area is 215 Å². The third-order valence-corrected chi connectivity index (χ3v) is 7.68. The Hall–Kier alpha value is -3.81. The molecule has 2 amide bonds. The summed E-state index contributed by atoms with van der Waals surface area (Å²) in [6.45, 7) is 1.86. The normalized spacial score (nSPS) is 14.6. The minimum absolute atomic E-state index is 0.167. The Morgan fingerprint density at radius 2 is 1.78 bits per heavy atom. The van der Waals surface area contributed by atoms with Crippen LogP contribution in [0.3, 0.4) is 0 Å². The molecule has 0 aromatic heterocycles. The maximum atomic E-state index is 13.7. The van der Waals surface area contributed by atoms with Gasteiger partial charge in [0.1, 0.15) is 5.82 Å². The van der Waals surface area contributed by atoms with Crippen LogP contribution in [0, 0.1) is 12.7 Å². The van der Waals surface area contributed by atoms with E-state index in [4.69, 9.17) is 11.6 Å². The molecule has 4 aromatic carbocycles. The molecule has 4 aromatic rings. The van der Waals surface area contributed by atoms with Gasteiger partial charge in [-0.25, -0.2) is 8.60 Å². The molecular weight excluding hydrogens is 499 g/mol. The molecule has 5 nitrogen and oxygen atoms in total. The van der Waals surface area contributed by atoms with Crippen molar-refractivity contribution in [2.45, 2.75) is 23.3 Å². The van der Waals surface area contributed by atoms with Crippen molar-refractivity contribution in [1.29, 1.82) is 0 Å². The lowest BCUT2D eigenvalue weighted by Gasteiger charge is -2.24. The van der Waals surface area contributed by atoms with E-state index < -0.39 is 22.5 Å². The van der Waals surface area contributed by atoms with Crippen LogP contribution >= 0.6 is 11.6 Å². The predicted molar refractivity (Wildman–Crippen MR) is 139 cm³/mol. The van der Waals surface area contributed by atoms with Crippen LogP contribution in [-0.4, -0.2) is 16.0 Å². The van der Waals surface area contributed by atoms with Crippen LogP contribution < -0.4 is 10.2 Å². The van der Waals surface area contributed by atoms with Crippen LogP contribution in [0.25, 0.3) is 0 Å². The van der Waals surface area contributed by atoms with Gasteiger partial charge in [-0.1, -0.05) is 35.9 Å². The van der Waals surface area contributed by atoms with Crippen molar-refractivity contribution in [3.63, 3.8) is 0 Å². The summed E-state index contributed by atoms with van der Waals surface area (Å²) in [6.07, 6.45) is 0. The average Bonchev–Trinajstić information content (AvgIpc) is 2.95. The van der Waals surface area contributed by atoms with Crippen molar-refractivity contribution in [2.75, 3.05) is 10.2 Å². The molecule has 1 heterocycles. The largest absolute Gasteiger partial charge is 0.322 e. The van der Waals surface area contributed by atoms with Crippen molar-refractivity contribution < 1.29 is 18.2 Å². The minimum Gasteiger partial charge on any atom is -0.322 e. The summed E-state index contributed by atoms with van der Waals surface area (Å²) in [5.74, 6) is -1.16. The number of aryl methyl sites for hydroxylation is 1. The highest BCUT2D eigenvalue weighted by Crippen LogP contribution is 2.36. The van der Waals surface area contributed by atoms with Gasteiger partial charge in [-0.15, -0.1) is 0 Å². The zero-order chi connectivity index (χ0) is 25.4. The Bertz CT molecular complexity index is 1560. The first-order valence-corrected chi connectivity index (χ1v) is 12.6. The first kappa shape index (κ1) is 23.9. The SMILES string of the molecule is Cc1cc(F)ccc1NC(=O)c1ccc2c(c1)N(Cc1cccc(Cl)c1)C(=O)c1ccccc1[S@@]2=O. The number of halogens is 2. The van der Waals surface area contributed by atoms with E-state index in [0.29, 0.717) is 37.3 Å². The second kappa shape index (κ2) is 9.68. The highest BCUT2D eigenvalue weighted by Gasteiger charge is 2.31. The number of rotatable bonds is 4. The molecule has 180 valence electrons. The monoisotopic (exact) mass is 518 g/mol. The maximum Gasteiger partial charge on any atom is 0.259 e. The molecule has 5 rings (SSSR count). The molecular formula is C28H20ClFN2O3S. The lowest BCUT2D eigenvalue weighted by molar-refractivity contribution is 0.0979. The summed E-state index contributed by atoms with van der Waals surface area (Å²) in [6, 6.07) is 22.8. The molecule has 0 radical (unpaired) electrons. The number of hydrogen-bond donors (Lipinski definition) is 1. The number of benzene rings is 4. The van der Waals surface area contributed by atoms with Crippen molar-refractivity contribution in [3.05, 3.63) is 118 Å². The molecule has 1 atom stereocenters. The lowest BCUT2D eigenvalue weighted by atomic mass is 10.1. The zero-order valence-electron chi connectivity index (χ0n) is 19.1. The van der Waals surface area contributed by atoms with Gasteiger partial charge in [-0.2, -0.15) is 0 Å². The molecule has 0 aliphatic carbocycles. The van der Waals surface area contributed by atoms with E-state index >= 15 is 0 Å². The third-order valence-electron chi connectivity index (χ3n) is 5.94. The van der Waals surface area contributed by atoms with Gasteiger partial charge in [0, 0.05) is 16.3 Å². The molecule has 0 fully saturated rings. The second-order valence-electron chi connectivity index (χ2n) is 8.38. The maximum absolute atomic E-state index is 13.7. The van der Waals surface area contributed by atoms with E-state index in [1.54, 1.807) is 67.6 Å². The number of amides is 2. The van der Waals surface area contributed by atoms with Gasteiger partial charge in [-0.3, -0.25) is 9.59 Å². The van der Waals surface area contributed by atoms with E-state index in [1.807, 2.05) is 6.07 Å². The third kappa shape index (κ3) is 4.55. The fraction of sp³-hybridized carbons (Fsp3) is 0.0714. The number of hydrogen-bond acceptors (Lipinski definition) is 3. The van der Waals surface area contributed by atoms with Gasteiger partial charge >= 0.3 is 0 Å². The summed E-state index contributed by atoms with van der Waals surface area (Å²) in [5.41, 5.74) is 2.81. The van der Waals surface area contributed by atoms with E-state index in [0.717, 1.165) is 5.56 Å². The van der Waals surface area contributed by atoms with Gasteiger partial charge in [0.25, 0.3) is 11.8 Å². The minimum atomic E-state index is -1.64. The van der Waals surface area contributed by atoms with Crippen molar-refractivity contribution >= 4 is 45.6 Å². The summed E-state index contributed by atoms with van der Waals surface area (Å²) in [5, 5.41) is 3.31. The topological polar surface area (TPSA) is 66.5 Å². The number of nitrogens with zero attached hydrogens (tertiary/aromatic N) is 1. The summed E-state index contributed by atoms with van der Waals surface area (Å²) < 4.78 is 27.0. The molecule has 0 saturated heterocycles. The summed E-state index contributed by atoms with van der Waals surface area (Å²) in [7, 11) is -1.64. The van der Waals surface area contributed by atoms with Crippen LogP contribution in [0.2, 0.25) is 5.02 Å². The summed E-state index contributed by atoms with van der Waals surface area (Å²) >= 11 is 6.17. The Kier molecular flexibility index (Phi) is 6.43. The molecule has 0 spiro atoms. The highest BCUT2D eigenvalue weighted by atomic mass is 35.5. The predicted octanol–water partition coefficient (Wildman–Crippen LogP) is 6.37. The second-order valence-corrected chi connectivity index (χ2v) is 10.2. The van der Waals surface area contributed by atoms with Crippen LogP contribution in [0.1, 0.15) is 31.8 Å². The first-order valence-electron chi connectivity index (χ1n) is 11.1. The first-order chi connectivity index (χ1) is 17.3. The molecule has 36 heavy (non-hydrogen) atoms. The quantitative estimate of drug-likeness (QED) is 0.341. The van der Waals surface area contributed by atoms with Gasteiger partial charge in [-0.05, 0) is 78.7 Å². The number of nitrogens with one attached hydrogen (secondary N) is 1. The van der Waals surface area contributed by atoms with Gasteiger partial charge in [0.2, 0.25) is 0 Å². The molecule has 0 bridgehead atoms. The van der Waals surface area contributed by atoms with E-state index in [-0.39, 0.29) is 18.0 Å². The molecule has 8 heteroatoms. The van der Waals surface area contributed by atoms with E-state index in [9.17, 15) is 18.2 Å². The van der Waals surface area contributed by atoms with Gasteiger partial charge < -0.3 is 10.2 Å². The van der Waals surface area contributed by atoms with Gasteiger partial charge in [0.05, 0.1) is 38.4 Å². The Morgan fingerprint density at radius 1 is 0.972 bits per heavy atom. The molecule has 0 saturated carbocycles. The van der Waals surface area contributed by atoms with Crippen LogP contribution in [-0.2, 0) is 17.3 Å². The molecule has 1 aliphatic rings. The van der Waals surface area contributed by atoms with Crippen LogP contribution in [0.15, 0.2) is 94.7 Å². The zero-order valence-corrected chi connectivity index (χ0v) is 20.7. The number of carbonyl (C=O) groups is 2. The van der Waals surface area contributed by atoms with Crippen molar-refractivity contribution in [1.82, 2.24) is 0 Å². The smallest absolute Gasteiger partial charge is 0.259 e. The molecule has 1 aliphatic heterocycles. The van der Waals surface area contributed by atoms with Crippen LogP contribution in [0.5, 0.6) is 0 Å². The Morgan fingerprint density at radius 3 is 2.56 bits per heavy atom. The summed E-state index contributed by atoms with van der Waals surface area (Å²) in [4.78, 5) is 29.2. The average molecular weight is 519 g/mol. The number of carbonyl (C=O) groups excluding carboxylic acids is 2. The fourth-order valence-corrected chi connectivity index (χ4v) is 5.70. The molecule has 0 unspecified atom stereocenters. The Balaban J connectivity index is 1.59. The number of anilines is 2. The van der Waals surface area contributed by atoms with Crippen molar-refractivity contribution in [3.8, 4) is 0 Å². The van der Waals surface area contributed by atoms with Gasteiger partial charge in [0.15, 0.2) is 0 Å². The van der Waals surface area contributed by atoms with Crippen LogP contribution in [0.4, 0.5) is 15.8 Å². The molecule has 1 N–H and O–H groups in total. The highest BCUT2D eigenvalue weighted by molar-refractivity contribution is 7.85. The van der Waals surface area contributed by atoms with E-state index in [1.165, 1.54) is 23.1 Å².